The fraction of sp³-hybridized carbons (Fsp3) is 0.769. The topological polar surface area (TPSA) is 89.9 Å². The highest BCUT2D eigenvalue weighted by molar-refractivity contribution is 5.80. The maximum Gasteiger partial charge on any atom is 0.309 e. The largest absolute Gasteiger partial charge is 0.481 e. The minimum absolute atomic E-state index is 0.0106. The monoisotopic (exact) mass is 274 g/mol. The second kappa shape index (κ2) is 9.35. The van der Waals surface area contributed by atoms with Crippen LogP contribution in [0.1, 0.15) is 40.0 Å². The average Bonchev–Trinajstić information content (AvgIpc) is 2.31. The number of carboxylic acids is 1. The second-order valence-electron chi connectivity index (χ2n) is 4.52. The molecule has 110 valence electrons. The summed E-state index contributed by atoms with van der Waals surface area (Å²) < 4.78 is 9.79. The van der Waals surface area contributed by atoms with E-state index in [1.807, 2.05) is 13.8 Å². The second-order valence-corrected chi connectivity index (χ2v) is 4.52. The van der Waals surface area contributed by atoms with Crippen molar-refractivity contribution >= 4 is 17.9 Å². The van der Waals surface area contributed by atoms with Crippen LogP contribution >= 0.6 is 0 Å². The van der Waals surface area contributed by atoms with Crippen LogP contribution in [0.2, 0.25) is 0 Å². The van der Waals surface area contributed by atoms with Crippen LogP contribution in [0.3, 0.4) is 0 Å². The molecular weight excluding hydrogens is 252 g/mol. The van der Waals surface area contributed by atoms with Gasteiger partial charge in [-0.05, 0) is 19.3 Å². The maximum absolute atomic E-state index is 11.8. The zero-order valence-corrected chi connectivity index (χ0v) is 11.7. The van der Waals surface area contributed by atoms with Crippen molar-refractivity contribution < 1.29 is 29.0 Å². The summed E-state index contributed by atoms with van der Waals surface area (Å²) in [6, 6.07) is 0. The Balaban J connectivity index is 4.18. The Hall–Kier alpha value is -1.59. The zero-order valence-electron chi connectivity index (χ0n) is 11.7. The van der Waals surface area contributed by atoms with Gasteiger partial charge in [0.1, 0.15) is 0 Å². The Bertz CT molecular complexity index is 310. The summed E-state index contributed by atoms with van der Waals surface area (Å²) >= 11 is 0. The lowest BCUT2D eigenvalue weighted by Gasteiger charge is -2.18. The summed E-state index contributed by atoms with van der Waals surface area (Å²) in [4.78, 5) is 33.5. The normalized spacial score (nSPS) is 12.0. The lowest BCUT2D eigenvalue weighted by molar-refractivity contribution is -0.157. The minimum atomic E-state index is -0.928. The maximum atomic E-state index is 11.8. The van der Waals surface area contributed by atoms with Crippen molar-refractivity contribution in [3.8, 4) is 0 Å². The van der Waals surface area contributed by atoms with E-state index in [-0.39, 0.29) is 38.4 Å². The average molecular weight is 274 g/mol. The number of hydrogen-bond acceptors (Lipinski definition) is 5. The van der Waals surface area contributed by atoms with E-state index < -0.39 is 23.8 Å². The lowest BCUT2D eigenvalue weighted by atomic mass is 9.93. The van der Waals surface area contributed by atoms with Crippen LogP contribution in [-0.4, -0.2) is 36.2 Å². The smallest absolute Gasteiger partial charge is 0.309 e. The summed E-state index contributed by atoms with van der Waals surface area (Å²) in [7, 11) is 0. The molecule has 0 radical (unpaired) electrons. The van der Waals surface area contributed by atoms with Gasteiger partial charge in [-0.2, -0.15) is 0 Å². The van der Waals surface area contributed by atoms with Gasteiger partial charge in [-0.3, -0.25) is 14.4 Å². The molecule has 0 bridgehead atoms. The van der Waals surface area contributed by atoms with Gasteiger partial charge in [0.25, 0.3) is 0 Å². The van der Waals surface area contributed by atoms with Crippen molar-refractivity contribution in [1.82, 2.24) is 0 Å². The molecule has 6 nitrogen and oxygen atoms in total. The molecule has 0 aliphatic carbocycles. The third-order valence-corrected chi connectivity index (χ3v) is 2.58. The summed E-state index contributed by atoms with van der Waals surface area (Å²) in [5.41, 5.74) is 0. The fourth-order valence-electron chi connectivity index (χ4n) is 1.49. The summed E-state index contributed by atoms with van der Waals surface area (Å²) in [5.74, 6) is -2.43. The molecule has 0 aromatic rings. The predicted octanol–water partition coefficient (Wildman–Crippen LogP) is 1.62. The molecule has 0 aliphatic rings. The van der Waals surface area contributed by atoms with Crippen LogP contribution < -0.4 is 0 Å². The molecule has 0 aromatic heterocycles. The summed E-state index contributed by atoms with van der Waals surface area (Å²) in [6.45, 7) is 5.67. The number of hydrogen-bond donors (Lipinski definition) is 1. The van der Waals surface area contributed by atoms with Gasteiger partial charge in [0.05, 0.1) is 25.6 Å². The van der Waals surface area contributed by atoms with E-state index in [2.05, 4.69) is 0 Å². The first-order chi connectivity index (χ1) is 8.88. The minimum Gasteiger partial charge on any atom is -0.481 e. The first kappa shape index (κ1) is 17.4. The number of carboxylic acid groups (broad SMARTS) is 1. The summed E-state index contributed by atoms with van der Waals surface area (Å²) in [6.07, 6.45) is 0.214. The Morgan fingerprint density at radius 3 is 2.26 bits per heavy atom. The molecule has 0 saturated heterocycles. The lowest BCUT2D eigenvalue weighted by Crippen LogP contribution is -2.26. The van der Waals surface area contributed by atoms with Gasteiger partial charge in [0.2, 0.25) is 0 Å². The number of carbonyl (C=O) groups is 3. The molecule has 0 aromatic carbocycles. The van der Waals surface area contributed by atoms with Gasteiger partial charge < -0.3 is 14.6 Å². The van der Waals surface area contributed by atoms with Gasteiger partial charge in [0.15, 0.2) is 0 Å². The summed E-state index contributed by atoms with van der Waals surface area (Å²) in [5, 5.41) is 8.45. The highest BCUT2D eigenvalue weighted by Gasteiger charge is 2.27. The van der Waals surface area contributed by atoms with Crippen molar-refractivity contribution in [3.05, 3.63) is 0 Å². The molecule has 0 saturated carbocycles. The molecule has 0 unspecified atom stereocenters. The van der Waals surface area contributed by atoms with E-state index >= 15 is 0 Å². The van der Waals surface area contributed by atoms with Crippen LogP contribution in [0.5, 0.6) is 0 Å². The zero-order chi connectivity index (χ0) is 14.8. The van der Waals surface area contributed by atoms with Crippen LogP contribution in [0.25, 0.3) is 0 Å². The van der Waals surface area contributed by atoms with Crippen LogP contribution in [0, 0.1) is 11.8 Å². The highest BCUT2D eigenvalue weighted by Crippen LogP contribution is 2.18. The Morgan fingerprint density at radius 2 is 1.79 bits per heavy atom. The molecule has 0 amide bonds. The van der Waals surface area contributed by atoms with Crippen LogP contribution in [0.4, 0.5) is 0 Å². The molecule has 0 fully saturated rings. The number of aliphatic carboxylic acids is 1. The highest BCUT2D eigenvalue weighted by atomic mass is 16.5. The van der Waals surface area contributed by atoms with Crippen LogP contribution in [-0.2, 0) is 23.9 Å². The number of rotatable bonds is 9. The van der Waals surface area contributed by atoms with Gasteiger partial charge in [-0.1, -0.05) is 13.8 Å². The molecule has 0 rings (SSSR count). The fourth-order valence-corrected chi connectivity index (χ4v) is 1.49. The molecule has 0 heterocycles. The van der Waals surface area contributed by atoms with Gasteiger partial charge >= 0.3 is 17.9 Å². The number of esters is 2. The van der Waals surface area contributed by atoms with E-state index in [9.17, 15) is 14.4 Å². The Morgan fingerprint density at radius 1 is 1.16 bits per heavy atom. The third kappa shape index (κ3) is 8.18. The SMILES string of the molecule is CCOC(=O)C[C@H](C(=O)OCCCC(=O)O)C(C)C. The molecule has 1 N–H and O–H groups in total. The molecule has 6 heteroatoms. The van der Waals surface area contributed by atoms with Gasteiger partial charge in [-0.25, -0.2) is 0 Å². The predicted molar refractivity (Wildman–Crippen MR) is 67.4 cm³/mol. The molecule has 0 spiro atoms. The Kier molecular flexibility index (Phi) is 8.57. The molecular formula is C13H22O6. The van der Waals surface area contributed by atoms with E-state index in [1.165, 1.54) is 0 Å². The van der Waals surface area contributed by atoms with E-state index in [0.29, 0.717) is 0 Å². The van der Waals surface area contributed by atoms with Crippen LogP contribution in [0.15, 0.2) is 0 Å². The van der Waals surface area contributed by atoms with Crippen molar-refractivity contribution in [3.63, 3.8) is 0 Å². The van der Waals surface area contributed by atoms with Crippen molar-refractivity contribution in [2.75, 3.05) is 13.2 Å². The standard InChI is InChI=1S/C13H22O6/c1-4-18-12(16)8-10(9(2)3)13(17)19-7-5-6-11(14)15/h9-10H,4-8H2,1-3H3,(H,14,15)/t10-/m0/s1. The molecule has 19 heavy (non-hydrogen) atoms. The number of carbonyl (C=O) groups excluding carboxylic acids is 2. The van der Waals surface area contributed by atoms with E-state index in [4.69, 9.17) is 14.6 Å². The molecule has 0 aliphatic heterocycles. The van der Waals surface area contributed by atoms with Gasteiger partial charge in [-0.15, -0.1) is 0 Å². The number of ether oxygens (including phenoxy) is 2. The third-order valence-electron chi connectivity index (χ3n) is 2.58. The van der Waals surface area contributed by atoms with Crippen molar-refractivity contribution in [2.45, 2.75) is 40.0 Å². The van der Waals surface area contributed by atoms with Gasteiger partial charge in [0, 0.05) is 6.42 Å². The molecule has 1 atom stereocenters. The van der Waals surface area contributed by atoms with Crippen molar-refractivity contribution in [2.24, 2.45) is 11.8 Å². The first-order valence-electron chi connectivity index (χ1n) is 6.42. The van der Waals surface area contributed by atoms with E-state index in [1.54, 1.807) is 6.92 Å². The van der Waals surface area contributed by atoms with E-state index in [0.717, 1.165) is 0 Å². The Labute approximate surface area is 113 Å². The first-order valence-corrected chi connectivity index (χ1v) is 6.42. The van der Waals surface area contributed by atoms with Crippen molar-refractivity contribution in [1.29, 1.82) is 0 Å². The quantitative estimate of drug-likeness (QED) is 0.507.